The number of hydrogen-bond acceptors (Lipinski definition) is 3. The summed E-state index contributed by atoms with van der Waals surface area (Å²) in [5.41, 5.74) is 1.30. The Morgan fingerprint density at radius 3 is 3.12 bits per heavy atom. The molecule has 3 heteroatoms. The summed E-state index contributed by atoms with van der Waals surface area (Å²) in [4.78, 5) is 0. The van der Waals surface area contributed by atoms with E-state index in [-0.39, 0.29) is 6.61 Å². The van der Waals surface area contributed by atoms with Gasteiger partial charge in [0.2, 0.25) is 0 Å². The molecular weight excluding hydrogens is 216 g/mol. The zero-order valence-corrected chi connectivity index (χ0v) is 10.1. The molecule has 3 nitrogen and oxygen atoms in total. The number of aliphatic hydroxyl groups is 1. The number of ether oxygens (including phenoxy) is 2. The lowest BCUT2D eigenvalue weighted by Crippen LogP contribution is -2.15. The highest BCUT2D eigenvalue weighted by atomic mass is 16.5. The molecule has 0 radical (unpaired) electrons. The number of aliphatic hydroxyl groups excluding tert-OH is 1. The van der Waals surface area contributed by atoms with Crippen LogP contribution in [0.3, 0.4) is 0 Å². The van der Waals surface area contributed by atoms with Gasteiger partial charge in [0.05, 0.1) is 13.2 Å². The highest BCUT2D eigenvalue weighted by Crippen LogP contribution is 2.27. The Morgan fingerprint density at radius 1 is 1.41 bits per heavy atom. The quantitative estimate of drug-likeness (QED) is 0.797. The van der Waals surface area contributed by atoms with Gasteiger partial charge in [0.1, 0.15) is 5.75 Å². The topological polar surface area (TPSA) is 38.7 Å². The van der Waals surface area contributed by atoms with Crippen molar-refractivity contribution in [3.8, 4) is 5.75 Å². The van der Waals surface area contributed by atoms with Crippen molar-refractivity contribution in [2.45, 2.75) is 25.2 Å². The number of benzene rings is 1. The van der Waals surface area contributed by atoms with Gasteiger partial charge in [-0.3, -0.25) is 0 Å². The molecule has 1 saturated heterocycles. The minimum atomic E-state index is 0.177. The maximum atomic E-state index is 8.71. The van der Waals surface area contributed by atoms with Gasteiger partial charge in [-0.25, -0.2) is 0 Å². The van der Waals surface area contributed by atoms with Gasteiger partial charge < -0.3 is 14.6 Å². The first kappa shape index (κ1) is 12.4. The molecule has 94 valence electrons. The summed E-state index contributed by atoms with van der Waals surface area (Å²) in [6, 6.07) is 8.22. The van der Waals surface area contributed by atoms with Gasteiger partial charge >= 0.3 is 0 Å². The van der Waals surface area contributed by atoms with E-state index in [9.17, 15) is 0 Å². The third-order valence-corrected chi connectivity index (χ3v) is 3.06. The fraction of sp³-hybridized carbons (Fsp3) is 0.571. The van der Waals surface area contributed by atoms with E-state index in [4.69, 9.17) is 14.6 Å². The van der Waals surface area contributed by atoms with Gasteiger partial charge in [0, 0.05) is 25.6 Å². The molecule has 2 rings (SSSR count). The Hall–Kier alpha value is -1.06. The van der Waals surface area contributed by atoms with E-state index in [1.807, 2.05) is 12.1 Å². The van der Waals surface area contributed by atoms with Crippen LogP contribution in [0, 0.1) is 0 Å². The molecule has 1 aromatic rings. The van der Waals surface area contributed by atoms with Crippen molar-refractivity contribution in [1.29, 1.82) is 0 Å². The highest BCUT2D eigenvalue weighted by Gasteiger charge is 2.16. The third kappa shape index (κ3) is 3.72. The Kier molecular flexibility index (Phi) is 4.83. The maximum absolute atomic E-state index is 8.71. The normalized spacial score (nSPS) is 20.2. The van der Waals surface area contributed by atoms with E-state index in [2.05, 4.69) is 12.1 Å². The summed E-state index contributed by atoms with van der Waals surface area (Å²) < 4.78 is 11.1. The van der Waals surface area contributed by atoms with Crippen LogP contribution in [0.2, 0.25) is 0 Å². The first-order valence-electron chi connectivity index (χ1n) is 6.31. The molecule has 1 aromatic carbocycles. The van der Waals surface area contributed by atoms with Crippen molar-refractivity contribution < 1.29 is 14.6 Å². The van der Waals surface area contributed by atoms with Crippen molar-refractivity contribution >= 4 is 0 Å². The van der Waals surface area contributed by atoms with E-state index in [1.165, 1.54) is 12.0 Å². The predicted molar refractivity (Wildman–Crippen MR) is 66.4 cm³/mol. The fourth-order valence-electron chi connectivity index (χ4n) is 2.12. The Bertz CT molecular complexity index is 332. The molecule has 1 atom stereocenters. The van der Waals surface area contributed by atoms with E-state index in [1.54, 1.807) is 0 Å². The van der Waals surface area contributed by atoms with Gasteiger partial charge in [-0.1, -0.05) is 12.1 Å². The van der Waals surface area contributed by atoms with Gasteiger partial charge in [-0.15, -0.1) is 0 Å². The van der Waals surface area contributed by atoms with Crippen LogP contribution in [0.25, 0.3) is 0 Å². The van der Waals surface area contributed by atoms with Crippen molar-refractivity contribution in [3.05, 3.63) is 29.8 Å². The van der Waals surface area contributed by atoms with Gasteiger partial charge in [-0.2, -0.15) is 0 Å². The molecule has 1 aliphatic heterocycles. The average Bonchev–Trinajstić information content (AvgIpc) is 2.41. The van der Waals surface area contributed by atoms with Crippen molar-refractivity contribution in [3.63, 3.8) is 0 Å². The second-order valence-electron chi connectivity index (χ2n) is 4.41. The Morgan fingerprint density at radius 2 is 2.35 bits per heavy atom. The zero-order valence-electron chi connectivity index (χ0n) is 10.1. The largest absolute Gasteiger partial charge is 0.493 e. The monoisotopic (exact) mass is 236 g/mol. The number of hydrogen-bond donors (Lipinski definition) is 1. The second-order valence-corrected chi connectivity index (χ2v) is 4.41. The molecule has 1 unspecified atom stereocenters. The summed E-state index contributed by atoms with van der Waals surface area (Å²) >= 11 is 0. The molecule has 0 saturated carbocycles. The molecule has 0 aromatic heterocycles. The minimum absolute atomic E-state index is 0.177. The predicted octanol–water partition coefficient (Wildman–Crippen LogP) is 2.34. The molecule has 1 fully saturated rings. The molecule has 0 bridgehead atoms. The molecule has 1 aliphatic rings. The lowest BCUT2D eigenvalue weighted by Gasteiger charge is -2.22. The van der Waals surface area contributed by atoms with Crippen molar-refractivity contribution in [2.75, 3.05) is 26.4 Å². The molecule has 17 heavy (non-hydrogen) atoms. The van der Waals surface area contributed by atoms with Gasteiger partial charge in [-0.05, 0) is 30.5 Å². The van der Waals surface area contributed by atoms with Crippen LogP contribution in [0.1, 0.15) is 30.7 Å². The summed E-state index contributed by atoms with van der Waals surface area (Å²) in [7, 11) is 0. The van der Waals surface area contributed by atoms with Crippen LogP contribution < -0.4 is 4.74 Å². The summed E-state index contributed by atoms with van der Waals surface area (Å²) in [6.07, 6.45) is 3.01. The first-order chi connectivity index (χ1) is 8.40. The van der Waals surface area contributed by atoms with Crippen LogP contribution in [0.15, 0.2) is 24.3 Å². The molecule has 1 N–H and O–H groups in total. The van der Waals surface area contributed by atoms with Crippen LogP contribution >= 0.6 is 0 Å². The van der Waals surface area contributed by atoms with E-state index < -0.39 is 0 Å². The lowest BCUT2D eigenvalue weighted by molar-refractivity contribution is 0.0803. The second kappa shape index (κ2) is 6.62. The van der Waals surface area contributed by atoms with Gasteiger partial charge in [0.15, 0.2) is 0 Å². The maximum Gasteiger partial charge on any atom is 0.119 e. The fourth-order valence-corrected chi connectivity index (χ4v) is 2.12. The third-order valence-electron chi connectivity index (χ3n) is 3.06. The smallest absolute Gasteiger partial charge is 0.119 e. The van der Waals surface area contributed by atoms with Crippen LogP contribution in [0.4, 0.5) is 0 Å². The van der Waals surface area contributed by atoms with E-state index >= 15 is 0 Å². The highest BCUT2D eigenvalue weighted by molar-refractivity contribution is 5.31. The van der Waals surface area contributed by atoms with Crippen LogP contribution in [-0.4, -0.2) is 31.5 Å². The van der Waals surface area contributed by atoms with Crippen molar-refractivity contribution in [1.82, 2.24) is 0 Å². The van der Waals surface area contributed by atoms with Crippen molar-refractivity contribution in [2.24, 2.45) is 0 Å². The molecule has 1 heterocycles. The Labute approximate surface area is 102 Å². The average molecular weight is 236 g/mol. The first-order valence-corrected chi connectivity index (χ1v) is 6.31. The molecular formula is C14H20O3. The zero-order chi connectivity index (χ0) is 11.9. The minimum Gasteiger partial charge on any atom is -0.493 e. The summed E-state index contributed by atoms with van der Waals surface area (Å²) in [5, 5.41) is 8.71. The van der Waals surface area contributed by atoms with E-state index in [0.717, 1.165) is 25.4 Å². The Balaban J connectivity index is 1.95. The molecule has 0 aliphatic carbocycles. The summed E-state index contributed by atoms with van der Waals surface area (Å²) in [6.45, 7) is 2.46. The standard InChI is InChI=1S/C14H20O3/c15-7-3-9-17-14-6-1-4-12(10-14)13-5-2-8-16-11-13/h1,4,6,10,13,15H,2-3,5,7-9,11H2. The van der Waals surface area contributed by atoms with Gasteiger partial charge in [0.25, 0.3) is 0 Å². The van der Waals surface area contributed by atoms with Crippen LogP contribution in [0.5, 0.6) is 5.75 Å². The SMILES string of the molecule is OCCCOc1cccc(C2CCCOC2)c1. The summed E-state index contributed by atoms with van der Waals surface area (Å²) in [5.74, 6) is 1.40. The molecule has 0 amide bonds. The number of rotatable bonds is 5. The van der Waals surface area contributed by atoms with Crippen LogP contribution in [-0.2, 0) is 4.74 Å². The molecule has 0 spiro atoms. The van der Waals surface area contributed by atoms with E-state index in [0.29, 0.717) is 18.9 Å². The lowest BCUT2D eigenvalue weighted by atomic mass is 9.93.